The molecule has 1 N–H and O–H groups in total. The highest BCUT2D eigenvalue weighted by molar-refractivity contribution is 5.33. The topological polar surface area (TPSA) is 21.3 Å². The number of hydrogen-bond acceptors (Lipinski definition) is 2. The van der Waals surface area contributed by atoms with Gasteiger partial charge in [-0.25, -0.2) is 4.39 Å². The Morgan fingerprint density at radius 3 is 2.81 bits per heavy atom. The third-order valence-corrected chi connectivity index (χ3v) is 3.07. The summed E-state index contributed by atoms with van der Waals surface area (Å²) in [5, 5.41) is 3.36. The van der Waals surface area contributed by atoms with E-state index in [1.807, 2.05) is 19.1 Å². The van der Waals surface area contributed by atoms with E-state index < -0.39 is 0 Å². The molecule has 2 nitrogen and oxygen atoms in total. The first kappa shape index (κ1) is 11.4. The predicted molar refractivity (Wildman–Crippen MR) is 62.1 cm³/mol. The van der Waals surface area contributed by atoms with Gasteiger partial charge >= 0.3 is 0 Å². The van der Waals surface area contributed by atoms with Gasteiger partial charge in [0.15, 0.2) is 11.6 Å². The molecule has 1 aromatic carbocycles. The van der Waals surface area contributed by atoms with E-state index in [-0.39, 0.29) is 11.9 Å². The summed E-state index contributed by atoms with van der Waals surface area (Å²) in [7, 11) is 1.50. The Kier molecular flexibility index (Phi) is 3.44. The average molecular weight is 223 g/mol. The molecule has 88 valence electrons. The molecule has 2 rings (SSSR count). The van der Waals surface area contributed by atoms with Crippen molar-refractivity contribution in [2.45, 2.75) is 25.8 Å². The molecule has 1 aliphatic rings. The molecule has 0 bridgehead atoms. The van der Waals surface area contributed by atoms with Gasteiger partial charge in [0.05, 0.1) is 7.11 Å². The fraction of sp³-hybridized carbons (Fsp3) is 0.538. The molecule has 1 aromatic rings. The molecule has 0 spiro atoms. The third-order valence-electron chi connectivity index (χ3n) is 3.07. The largest absolute Gasteiger partial charge is 0.494 e. The maximum atomic E-state index is 14.1. The van der Waals surface area contributed by atoms with Crippen molar-refractivity contribution in [3.63, 3.8) is 0 Å². The molecule has 0 aliphatic heterocycles. The smallest absolute Gasteiger partial charge is 0.169 e. The highest BCUT2D eigenvalue weighted by Gasteiger charge is 2.33. The van der Waals surface area contributed by atoms with Crippen LogP contribution >= 0.6 is 0 Å². The van der Waals surface area contributed by atoms with E-state index in [1.54, 1.807) is 6.07 Å². The Labute approximate surface area is 95.8 Å². The lowest BCUT2D eigenvalue weighted by molar-refractivity contribution is 0.376. The number of nitrogens with one attached hydrogen (secondary N) is 1. The Hall–Kier alpha value is -1.09. The van der Waals surface area contributed by atoms with Gasteiger partial charge in [-0.15, -0.1) is 0 Å². The van der Waals surface area contributed by atoms with Gasteiger partial charge in [0.2, 0.25) is 0 Å². The summed E-state index contributed by atoms with van der Waals surface area (Å²) >= 11 is 0. The molecule has 16 heavy (non-hydrogen) atoms. The van der Waals surface area contributed by atoms with Crippen LogP contribution in [-0.4, -0.2) is 13.7 Å². The lowest BCUT2D eigenvalue weighted by Gasteiger charge is -2.19. The SMILES string of the molecule is CCNC(c1cccc(OC)c1F)C1CC1. The fourth-order valence-electron chi connectivity index (χ4n) is 2.11. The van der Waals surface area contributed by atoms with Gasteiger partial charge in [-0.3, -0.25) is 0 Å². The summed E-state index contributed by atoms with van der Waals surface area (Å²) in [6.07, 6.45) is 2.38. The van der Waals surface area contributed by atoms with Gasteiger partial charge in [0.1, 0.15) is 0 Å². The molecule has 0 saturated heterocycles. The zero-order valence-electron chi connectivity index (χ0n) is 9.79. The second kappa shape index (κ2) is 4.83. The summed E-state index contributed by atoms with van der Waals surface area (Å²) in [5.41, 5.74) is 0.740. The molecule has 0 radical (unpaired) electrons. The van der Waals surface area contributed by atoms with E-state index in [0.717, 1.165) is 12.1 Å². The molecule has 0 heterocycles. The van der Waals surface area contributed by atoms with E-state index in [9.17, 15) is 4.39 Å². The Morgan fingerprint density at radius 1 is 1.50 bits per heavy atom. The minimum absolute atomic E-state index is 0.139. The first-order valence-electron chi connectivity index (χ1n) is 5.83. The summed E-state index contributed by atoms with van der Waals surface area (Å²) in [4.78, 5) is 0. The second-order valence-corrected chi connectivity index (χ2v) is 4.24. The first-order chi connectivity index (χ1) is 7.77. The van der Waals surface area contributed by atoms with E-state index in [0.29, 0.717) is 11.7 Å². The Balaban J connectivity index is 2.29. The number of ether oxygens (including phenoxy) is 1. The standard InChI is InChI=1S/C13H18FNO/c1-3-15-13(9-7-8-9)10-5-4-6-11(16-2)12(10)14/h4-6,9,13,15H,3,7-8H2,1-2H3. The number of halogens is 1. The second-order valence-electron chi connectivity index (χ2n) is 4.24. The fourth-order valence-corrected chi connectivity index (χ4v) is 2.11. The third kappa shape index (κ3) is 2.19. The van der Waals surface area contributed by atoms with Crippen molar-refractivity contribution >= 4 is 0 Å². The monoisotopic (exact) mass is 223 g/mol. The number of rotatable bonds is 5. The number of hydrogen-bond donors (Lipinski definition) is 1. The molecular formula is C13H18FNO. The molecule has 1 unspecified atom stereocenters. The summed E-state index contributed by atoms with van der Waals surface area (Å²) in [5.74, 6) is 0.699. The van der Waals surface area contributed by atoms with Crippen LogP contribution in [0.1, 0.15) is 31.4 Å². The van der Waals surface area contributed by atoms with E-state index >= 15 is 0 Å². The molecular weight excluding hydrogens is 205 g/mol. The highest BCUT2D eigenvalue weighted by Crippen LogP contribution is 2.42. The molecule has 0 amide bonds. The van der Waals surface area contributed by atoms with Crippen LogP contribution < -0.4 is 10.1 Å². The molecule has 1 aliphatic carbocycles. The van der Waals surface area contributed by atoms with Gasteiger partial charge in [0.25, 0.3) is 0 Å². The van der Waals surface area contributed by atoms with Crippen molar-refractivity contribution < 1.29 is 9.13 Å². The molecule has 1 saturated carbocycles. The van der Waals surface area contributed by atoms with Crippen LogP contribution in [0.4, 0.5) is 4.39 Å². The van der Waals surface area contributed by atoms with Crippen LogP contribution in [0.15, 0.2) is 18.2 Å². The van der Waals surface area contributed by atoms with Crippen LogP contribution in [0.5, 0.6) is 5.75 Å². The van der Waals surface area contributed by atoms with Crippen LogP contribution in [0.3, 0.4) is 0 Å². The molecule has 1 fully saturated rings. The lowest BCUT2D eigenvalue weighted by Crippen LogP contribution is -2.23. The van der Waals surface area contributed by atoms with Gasteiger partial charge in [-0.05, 0) is 31.4 Å². The zero-order chi connectivity index (χ0) is 11.5. The van der Waals surface area contributed by atoms with Crippen LogP contribution in [-0.2, 0) is 0 Å². The van der Waals surface area contributed by atoms with Crippen LogP contribution in [0, 0.1) is 11.7 Å². The number of methoxy groups -OCH3 is 1. The Bertz CT molecular complexity index is 363. The molecule has 1 atom stereocenters. The average Bonchev–Trinajstić information content (AvgIpc) is 3.11. The molecule has 0 aromatic heterocycles. The van der Waals surface area contributed by atoms with Crippen molar-refractivity contribution in [2.24, 2.45) is 5.92 Å². The predicted octanol–water partition coefficient (Wildman–Crippen LogP) is 2.89. The number of benzene rings is 1. The first-order valence-corrected chi connectivity index (χ1v) is 5.83. The quantitative estimate of drug-likeness (QED) is 0.828. The highest BCUT2D eigenvalue weighted by atomic mass is 19.1. The van der Waals surface area contributed by atoms with E-state index in [1.165, 1.54) is 20.0 Å². The van der Waals surface area contributed by atoms with Gasteiger partial charge in [-0.2, -0.15) is 0 Å². The van der Waals surface area contributed by atoms with Gasteiger partial charge in [-0.1, -0.05) is 19.1 Å². The normalized spacial score (nSPS) is 17.2. The van der Waals surface area contributed by atoms with Crippen molar-refractivity contribution in [3.05, 3.63) is 29.6 Å². The lowest BCUT2D eigenvalue weighted by atomic mass is 10.0. The summed E-state index contributed by atoms with van der Waals surface area (Å²) < 4.78 is 19.1. The van der Waals surface area contributed by atoms with Crippen molar-refractivity contribution in [1.29, 1.82) is 0 Å². The van der Waals surface area contributed by atoms with Gasteiger partial charge < -0.3 is 10.1 Å². The van der Waals surface area contributed by atoms with Crippen molar-refractivity contribution in [3.8, 4) is 5.75 Å². The van der Waals surface area contributed by atoms with Crippen molar-refractivity contribution in [1.82, 2.24) is 5.32 Å². The maximum absolute atomic E-state index is 14.1. The van der Waals surface area contributed by atoms with Crippen LogP contribution in [0.25, 0.3) is 0 Å². The van der Waals surface area contributed by atoms with Crippen molar-refractivity contribution in [2.75, 3.05) is 13.7 Å². The summed E-state index contributed by atoms with van der Waals surface area (Å²) in [6.45, 7) is 2.91. The minimum Gasteiger partial charge on any atom is -0.494 e. The summed E-state index contributed by atoms with van der Waals surface area (Å²) in [6, 6.07) is 5.50. The maximum Gasteiger partial charge on any atom is 0.169 e. The van der Waals surface area contributed by atoms with E-state index in [2.05, 4.69) is 5.32 Å². The molecule has 3 heteroatoms. The Morgan fingerprint density at radius 2 is 2.25 bits per heavy atom. The van der Waals surface area contributed by atoms with Crippen LogP contribution in [0.2, 0.25) is 0 Å². The zero-order valence-corrected chi connectivity index (χ0v) is 9.79. The van der Waals surface area contributed by atoms with E-state index in [4.69, 9.17) is 4.74 Å². The van der Waals surface area contributed by atoms with Gasteiger partial charge in [0, 0.05) is 11.6 Å². The minimum atomic E-state index is -0.220.